The minimum atomic E-state index is -1.22. The first-order valence-corrected chi connectivity index (χ1v) is 5.90. The van der Waals surface area contributed by atoms with Gasteiger partial charge in [-0.25, -0.2) is 0 Å². The summed E-state index contributed by atoms with van der Waals surface area (Å²) in [6.07, 6.45) is 1.70. The maximum Gasteiger partial charge on any atom is 0.144 e. The molecule has 0 fully saturated rings. The van der Waals surface area contributed by atoms with Gasteiger partial charge in [-0.1, -0.05) is 10.5 Å². The fraction of sp³-hybridized carbons (Fsp3) is 0.455. The van der Waals surface area contributed by atoms with Gasteiger partial charge in [-0.15, -0.1) is 0 Å². The van der Waals surface area contributed by atoms with Gasteiger partial charge in [-0.2, -0.15) is 0 Å². The van der Waals surface area contributed by atoms with Crippen molar-refractivity contribution in [1.29, 1.82) is 0 Å². The highest BCUT2D eigenvalue weighted by Crippen LogP contribution is 2.17. The van der Waals surface area contributed by atoms with E-state index in [0.717, 1.165) is 5.69 Å². The highest BCUT2D eigenvalue weighted by Gasteiger charge is 2.26. The van der Waals surface area contributed by atoms with Crippen LogP contribution in [-0.2, 0) is 11.4 Å². The number of nitrogens with zero attached hydrogens (tertiary/aromatic N) is 2. The van der Waals surface area contributed by atoms with Crippen LogP contribution in [0.5, 0.6) is 0 Å². The van der Waals surface area contributed by atoms with Crippen molar-refractivity contribution in [2.45, 2.75) is 32.4 Å². The molecule has 1 aromatic rings. The molecule has 3 nitrogen and oxygen atoms in total. The molecule has 0 aromatic carbocycles. The van der Waals surface area contributed by atoms with Crippen LogP contribution in [0.3, 0.4) is 0 Å². The lowest BCUT2D eigenvalue weighted by Crippen LogP contribution is -2.26. The normalized spacial score (nSPS) is 15.1. The van der Waals surface area contributed by atoms with Gasteiger partial charge in [0.05, 0.1) is 5.69 Å². The van der Waals surface area contributed by atoms with Crippen LogP contribution in [0, 0.1) is 0 Å². The first kappa shape index (κ1) is 12.2. The molecule has 1 rings (SSSR count). The Morgan fingerprint density at radius 3 is 2.53 bits per heavy atom. The Morgan fingerprint density at radius 1 is 1.40 bits per heavy atom. The van der Waals surface area contributed by atoms with Crippen LogP contribution < -0.4 is 0 Å². The standard InChI is InChI=1S/C11H16N2OS/c1-9(10-7-5-6-8-12-10)13-15(14)11(2,3)4/h5-8H,1-4H3/b13-9-. The van der Waals surface area contributed by atoms with Gasteiger partial charge < -0.3 is 4.55 Å². The molecule has 0 aliphatic heterocycles. The van der Waals surface area contributed by atoms with Crippen molar-refractivity contribution in [3.05, 3.63) is 30.1 Å². The fourth-order valence-electron chi connectivity index (χ4n) is 0.885. The lowest BCUT2D eigenvalue weighted by Gasteiger charge is -2.18. The molecule has 0 radical (unpaired) electrons. The molecule has 4 heteroatoms. The highest BCUT2D eigenvalue weighted by molar-refractivity contribution is 7.91. The first-order chi connectivity index (χ1) is 6.91. The van der Waals surface area contributed by atoms with E-state index in [0.29, 0.717) is 5.71 Å². The first-order valence-electron chi connectivity index (χ1n) is 4.80. The molecule has 15 heavy (non-hydrogen) atoms. The number of hydrogen-bond donors (Lipinski definition) is 0. The van der Waals surface area contributed by atoms with Gasteiger partial charge in [0, 0.05) is 6.20 Å². The van der Waals surface area contributed by atoms with Crippen molar-refractivity contribution in [3.8, 4) is 0 Å². The molecule has 1 atom stereocenters. The lowest BCUT2D eigenvalue weighted by molar-refractivity contribution is 0.561. The number of hydrogen-bond acceptors (Lipinski definition) is 3. The minimum absolute atomic E-state index is 0.323. The molecule has 1 unspecified atom stereocenters. The Kier molecular flexibility index (Phi) is 3.88. The molecule has 1 heterocycles. The second-order valence-electron chi connectivity index (χ2n) is 4.25. The Balaban J connectivity index is 2.86. The average Bonchev–Trinajstić information content (AvgIpc) is 2.17. The third-order valence-corrected chi connectivity index (χ3v) is 3.27. The van der Waals surface area contributed by atoms with Gasteiger partial charge in [0.2, 0.25) is 0 Å². The summed E-state index contributed by atoms with van der Waals surface area (Å²) < 4.78 is 15.6. The Hall–Kier alpha value is -0.870. The van der Waals surface area contributed by atoms with Gasteiger partial charge in [0.25, 0.3) is 0 Å². The summed E-state index contributed by atoms with van der Waals surface area (Å²) >= 11 is -1.22. The average molecular weight is 224 g/mol. The Morgan fingerprint density at radius 2 is 2.07 bits per heavy atom. The van der Waals surface area contributed by atoms with Crippen LogP contribution in [0.15, 0.2) is 28.8 Å². The second-order valence-corrected chi connectivity index (χ2v) is 6.16. The van der Waals surface area contributed by atoms with Crippen LogP contribution in [0.2, 0.25) is 0 Å². The Labute approximate surface area is 94.0 Å². The maximum absolute atomic E-state index is 11.7. The van der Waals surface area contributed by atoms with Gasteiger partial charge in [-0.3, -0.25) is 4.98 Å². The van der Waals surface area contributed by atoms with Crippen LogP contribution in [0.1, 0.15) is 33.4 Å². The van der Waals surface area contributed by atoms with E-state index in [1.54, 1.807) is 6.20 Å². The molecule has 0 saturated carbocycles. The number of rotatable bonds is 2. The Bertz CT molecular complexity index is 343. The van der Waals surface area contributed by atoms with Crippen LogP contribution in [-0.4, -0.2) is 20.0 Å². The second kappa shape index (κ2) is 4.77. The molecule has 0 bridgehead atoms. The third-order valence-electron chi connectivity index (χ3n) is 1.78. The third kappa shape index (κ3) is 3.64. The monoisotopic (exact) mass is 224 g/mol. The van der Waals surface area contributed by atoms with E-state index in [-0.39, 0.29) is 4.75 Å². The van der Waals surface area contributed by atoms with Gasteiger partial charge in [0.15, 0.2) is 0 Å². The zero-order chi connectivity index (χ0) is 11.5. The molecule has 0 saturated heterocycles. The molecule has 1 aromatic heterocycles. The molecule has 0 N–H and O–H groups in total. The van der Waals surface area contributed by atoms with E-state index in [4.69, 9.17) is 0 Å². The van der Waals surface area contributed by atoms with Gasteiger partial charge in [0.1, 0.15) is 21.8 Å². The van der Waals surface area contributed by atoms with Crippen molar-refractivity contribution in [1.82, 2.24) is 4.98 Å². The molecular formula is C11H16N2OS. The van der Waals surface area contributed by atoms with Crippen molar-refractivity contribution in [2.75, 3.05) is 0 Å². The maximum atomic E-state index is 11.7. The molecule has 82 valence electrons. The summed E-state index contributed by atoms with van der Waals surface area (Å²) in [5, 5.41) is 0. The zero-order valence-corrected chi connectivity index (χ0v) is 10.3. The van der Waals surface area contributed by atoms with Crippen molar-refractivity contribution in [3.63, 3.8) is 0 Å². The molecule has 0 spiro atoms. The SMILES string of the molecule is C/C(=N/[S+]([O-])C(C)(C)C)c1ccccn1. The zero-order valence-electron chi connectivity index (χ0n) is 9.52. The summed E-state index contributed by atoms with van der Waals surface area (Å²) in [6.45, 7) is 7.53. The van der Waals surface area contributed by atoms with Gasteiger partial charge in [-0.05, 0) is 39.8 Å². The largest absolute Gasteiger partial charge is 0.591 e. The van der Waals surface area contributed by atoms with E-state index in [1.165, 1.54) is 0 Å². The quantitative estimate of drug-likeness (QED) is 0.572. The predicted octanol–water partition coefficient (Wildman–Crippen LogP) is 2.35. The van der Waals surface area contributed by atoms with E-state index >= 15 is 0 Å². The summed E-state index contributed by atoms with van der Waals surface area (Å²) in [5.41, 5.74) is 1.49. The highest BCUT2D eigenvalue weighted by atomic mass is 32.2. The minimum Gasteiger partial charge on any atom is -0.591 e. The molecule has 0 aliphatic rings. The summed E-state index contributed by atoms with van der Waals surface area (Å²) in [4.78, 5) is 4.15. The number of aromatic nitrogens is 1. The van der Waals surface area contributed by atoms with Crippen molar-refractivity contribution >= 4 is 17.1 Å². The van der Waals surface area contributed by atoms with Gasteiger partial charge >= 0.3 is 0 Å². The fourth-order valence-corrected chi connectivity index (χ4v) is 1.50. The molecule has 0 amide bonds. The number of pyridine rings is 1. The summed E-state index contributed by atoms with van der Waals surface area (Å²) in [7, 11) is 0. The van der Waals surface area contributed by atoms with Crippen LogP contribution >= 0.6 is 0 Å². The summed E-state index contributed by atoms with van der Waals surface area (Å²) in [5.74, 6) is 0. The van der Waals surface area contributed by atoms with Crippen molar-refractivity contribution < 1.29 is 4.55 Å². The topological polar surface area (TPSA) is 48.3 Å². The predicted molar refractivity (Wildman–Crippen MR) is 64.3 cm³/mol. The van der Waals surface area contributed by atoms with Crippen LogP contribution in [0.4, 0.5) is 0 Å². The molecular weight excluding hydrogens is 208 g/mol. The van der Waals surface area contributed by atoms with E-state index in [2.05, 4.69) is 9.38 Å². The molecule has 0 aliphatic carbocycles. The lowest BCUT2D eigenvalue weighted by atomic mass is 10.3. The van der Waals surface area contributed by atoms with Crippen LogP contribution in [0.25, 0.3) is 0 Å². The van der Waals surface area contributed by atoms with E-state index < -0.39 is 11.4 Å². The van der Waals surface area contributed by atoms with E-state index in [1.807, 2.05) is 45.9 Å². The van der Waals surface area contributed by atoms with Crippen molar-refractivity contribution in [2.24, 2.45) is 4.40 Å². The smallest absolute Gasteiger partial charge is 0.144 e. The summed E-state index contributed by atoms with van der Waals surface area (Å²) in [6, 6.07) is 5.59. The van der Waals surface area contributed by atoms with E-state index in [9.17, 15) is 4.55 Å².